The average Bonchev–Trinajstić information content (AvgIpc) is 2.65. The lowest BCUT2D eigenvalue weighted by Gasteiger charge is -2.34. The normalized spacial score (nSPS) is 16.0. The number of hydrogen-bond acceptors (Lipinski definition) is 4. The van der Waals surface area contributed by atoms with Crippen molar-refractivity contribution in [2.45, 2.75) is 4.90 Å². The zero-order valence-corrected chi connectivity index (χ0v) is 16.0. The molecule has 0 aromatic heterocycles. The van der Waals surface area contributed by atoms with Gasteiger partial charge in [-0.1, -0.05) is 41.9 Å². The number of ether oxygens (including phenoxy) is 1. The van der Waals surface area contributed by atoms with Gasteiger partial charge in [0.15, 0.2) is 0 Å². The van der Waals surface area contributed by atoms with Gasteiger partial charge in [-0.05, 0) is 24.3 Å². The molecule has 0 atom stereocenters. The lowest BCUT2D eigenvalue weighted by atomic mass is 10.3. The van der Waals surface area contributed by atoms with Crippen molar-refractivity contribution >= 4 is 23.4 Å². The molecule has 1 aliphatic heterocycles. The molecule has 25 heavy (non-hydrogen) atoms. The maximum Gasteiger partial charge on any atom is 0.137 e. The second-order valence-electron chi connectivity index (χ2n) is 6.12. The molecule has 1 saturated heterocycles. The molecule has 3 rings (SSSR count). The van der Waals surface area contributed by atoms with E-state index < -0.39 is 0 Å². The van der Waals surface area contributed by atoms with E-state index in [0.29, 0.717) is 11.6 Å². The molecule has 1 heterocycles. The van der Waals surface area contributed by atoms with Gasteiger partial charge >= 0.3 is 0 Å². The van der Waals surface area contributed by atoms with Crippen LogP contribution in [-0.4, -0.2) is 61.4 Å². The largest absolute Gasteiger partial charge is 0.491 e. The molecular formula is C20H25ClN2OS. The number of benzene rings is 2. The number of thioether (sulfide) groups is 1. The van der Waals surface area contributed by atoms with Crippen molar-refractivity contribution in [1.82, 2.24) is 9.80 Å². The first kappa shape index (κ1) is 18.6. The summed E-state index contributed by atoms with van der Waals surface area (Å²) in [5.41, 5.74) is 0. The first-order chi connectivity index (χ1) is 12.3. The third kappa shape index (κ3) is 6.23. The molecule has 0 aliphatic carbocycles. The third-order valence-electron chi connectivity index (χ3n) is 4.39. The standard InChI is InChI=1S/C20H25ClN2OS/c21-19-8-4-5-9-20(19)24-16-14-22-10-12-23(13-11-22)15-17-25-18-6-2-1-3-7-18/h1-9H,10-17H2. The predicted octanol–water partition coefficient (Wildman–Crippen LogP) is 4.13. The third-order valence-corrected chi connectivity index (χ3v) is 5.69. The summed E-state index contributed by atoms with van der Waals surface area (Å²) in [4.78, 5) is 6.39. The van der Waals surface area contributed by atoms with Crippen LogP contribution in [0.15, 0.2) is 59.5 Å². The summed E-state index contributed by atoms with van der Waals surface area (Å²) in [6.45, 7) is 7.31. The van der Waals surface area contributed by atoms with Crippen molar-refractivity contribution in [3.05, 3.63) is 59.6 Å². The smallest absolute Gasteiger partial charge is 0.137 e. The molecule has 0 spiro atoms. The molecule has 1 fully saturated rings. The SMILES string of the molecule is Clc1ccccc1OCCN1CCN(CCSc2ccccc2)CC1. The van der Waals surface area contributed by atoms with Crippen LogP contribution in [0.5, 0.6) is 5.75 Å². The molecule has 0 bridgehead atoms. The van der Waals surface area contributed by atoms with E-state index >= 15 is 0 Å². The number of nitrogens with zero attached hydrogens (tertiary/aromatic N) is 2. The molecule has 3 nitrogen and oxygen atoms in total. The zero-order valence-electron chi connectivity index (χ0n) is 14.4. The second kappa shape index (κ2) is 10.1. The van der Waals surface area contributed by atoms with Gasteiger partial charge in [-0.25, -0.2) is 0 Å². The Kier molecular flexibility index (Phi) is 7.49. The van der Waals surface area contributed by atoms with Crippen LogP contribution < -0.4 is 4.74 Å². The van der Waals surface area contributed by atoms with Crippen molar-refractivity contribution < 1.29 is 4.74 Å². The zero-order chi connectivity index (χ0) is 17.3. The van der Waals surface area contributed by atoms with Crippen LogP contribution in [0.25, 0.3) is 0 Å². The van der Waals surface area contributed by atoms with Crippen molar-refractivity contribution in [3.8, 4) is 5.75 Å². The van der Waals surface area contributed by atoms with Crippen molar-refractivity contribution in [2.75, 3.05) is 51.6 Å². The fourth-order valence-electron chi connectivity index (χ4n) is 2.89. The summed E-state index contributed by atoms with van der Waals surface area (Å²) in [6, 6.07) is 18.3. The second-order valence-corrected chi connectivity index (χ2v) is 7.70. The Hall–Kier alpha value is -1.20. The minimum absolute atomic E-state index is 0.684. The number of rotatable bonds is 8. The molecule has 0 unspecified atom stereocenters. The van der Waals surface area contributed by atoms with Gasteiger partial charge in [0.1, 0.15) is 12.4 Å². The van der Waals surface area contributed by atoms with E-state index in [1.54, 1.807) is 0 Å². The predicted molar refractivity (Wildman–Crippen MR) is 107 cm³/mol. The quantitative estimate of drug-likeness (QED) is 0.643. The van der Waals surface area contributed by atoms with Crippen LogP contribution in [0.4, 0.5) is 0 Å². The van der Waals surface area contributed by atoms with Gasteiger partial charge in [-0.2, -0.15) is 0 Å². The van der Waals surface area contributed by atoms with Gasteiger partial charge in [-0.15, -0.1) is 11.8 Å². The van der Waals surface area contributed by atoms with Crippen LogP contribution in [0.2, 0.25) is 5.02 Å². The topological polar surface area (TPSA) is 15.7 Å². The van der Waals surface area contributed by atoms with Gasteiger partial charge in [0.2, 0.25) is 0 Å². The molecular weight excluding hydrogens is 352 g/mol. The van der Waals surface area contributed by atoms with Gasteiger partial charge in [-0.3, -0.25) is 9.80 Å². The molecule has 2 aromatic carbocycles. The molecule has 0 saturated carbocycles. The minimum atomic E-state index is 0.684. The lowest BCUT2D eigenvalue weighted by molar-refractivity contribution is 0.121. The summed E-state index contributed by atoms with van der Waals surface area (Å²) in [6.07, 6.45) is 0. The van der Waals surface area contributed by atoms with E-state index in [9.17, 15) is 0 Å². The van der Waals surface area contributed by atoms with E-state index in [1.165, 1.54) is 4.90 Å². The molecule has 1 aliphatic rings. The molecule has 5 heteroatoms. The first-order valence-electron chi connectivity index (χ1n) is 8.81. The van der Waals surface area contributed by atoms with Crippen LogP contribution in [0.1, 0.15) is 0 Å². The van der Waals surface area contributed by atoms with Crippen molar-refractivity contribution in [2.24, 2.45) is 0 Å². The summed E-state index contributed by atoms with van der Waals surface area (Å²) in [5.74, 6) is 1.93. The Balaban J connectivity index is 1.29. The maximum atomic E-state index is 6.11. The van der Waals surface area contributed by atoms with Gasteiger partial charge in [0.05, 0.1) is 5.02 Å². The highest BCUT2D eigenvalue weighted by atomic mass is 35.5. The van der Waals surface area contributed by atoms with Crippen LogP contribution >= 0.6 is 23.4 Å². The van der Waals surface area contributed by atoms with Gasteiger partial charge < -0.3 is 4.74 Å². The highest BCUT2D eigenvalue weighted by Crippen LogP contribution is 2.23. The monoisotopic (exact) mass is 376 g/mol. The highest BCUT2D eigenvalue weighted by molar-refractivity contribution is 7.99. The minimum Gasteiger partial charge on any atom is -0.491 e. The molecule has 0 N–H and O–H groups in total. The molecule has 0 radical (unpaired) electrons. The Bertz CT molecular complexity index is 633. The molecule has 134 valence electrons. The summed E-state index contributed by atoms with van der Waals surface area (Å²) in [5, 5.41) is 0.684. The van der Waals surface area contributed by atoms with Gasteiger partial charge in [0.25, 0.3) is 0 Å². The molecule has 2 aromatic rings. The summed E-state index contributed by atoms with van der Waals surface area (Å²) >= 11 is 8.05. The fraction of sp³-hybridized carbons (Fsp3) is 0.400. The first-order valence-corrected chi connectivity index (χ1v) is 10.2. The lowest BCUT2D eigenvalue weighted by Crippen LogP contribution is -2.47. The van der Waals surface area contributed by atoms with Crippen molar-refractivity contribution in [1.29, 1.82) is 0 Å². The number of piperazine rings is 1. The van der Waals surface area contributed by atoms with E-state index in [1.807, 2.05) is 36.0 Å². The van der Waals surface area contributed by atoms with Gasteiger partial charge in [0, 0.05) is 49.9 Å². The van der Waals surface area contributed by atoms with E-state index in [4.69, 9.17) is 16.3 Å². The van der Waals surface area contributed by atoms with Crippen molar-refractivity contribution in [3.63, 3.8) is 0 Å². The Morgan fingerprint density at radius 2 is 1.48 bits per heavy atom. The van der Waals surface area contributed by atoms with E-state index in [2.05, 4.69) is 40.1 Å². The van der Waals surface area contributed by atoms with E-state index in [-0.39, 0.29) is 0 Å². The average molecular weight is 377 g/mol. The Morgan fingerprint density at radius 3 is 2.20 bits per heavy atom. The fourth-order valence-corrected chi connectivity index (χ4v) is 4.02. The van der Waals surface area contributed by atoms with Crippen LogP contribution in [0, 0.1) is 0 Å². The number of hydrogen-bond donors (Lipinski definition) is 0. The Labute approximate surface area is 159 Å². The highest BCUT2D eigenvalue weighted by Gasteiger charge is 2.16. The Morgan fingerprint density at radius 1 is 0.840 bits per heavy atom. The maximum absolute atomic E-state index is 6.11. The summed E-state index contributed by atoms with van der Waals surface area (Å²) < 4.78 is 5.79. The van der Waals surface area contributed by atoms with Crippen LogP contribution in [0.3, 0.4) is 0 Å². The number of para-hydroxylation sites is 1. The molecule has 0 amide bonds. The van der Waals surface area contributed by atoms with E-state index in [0.717, 1.165) is 50.8 Å². The number of halogens is 1. The summed E-state index contributed by atoms with van der Waals surface area (Å²) in [7, 11) is 0. The van der Waals surface area contributed by atoms with Crippen LogP contribution in [-0.2, 0) is 0 Å².